The Balaban J connectivity index is 2.39. The first-order valence-corrected chi connectivity index (χ1v) is 6.36. The molecule has 0 fully saturated rings. The summed E-state index contributed by atoms with van der Waals surface area (Å²) in [4.78, 5) is 6.97. The Bertz CT molecular complexity index is 663. The minimum atomic E-state index is -4.66. The third-order valence-corrected chi connectivity index (χ3v) is 2.82. The van der Waals surface area contributed by atoms with Gasteiger partial charge in [-0.25, -0.2) is 9.37 Å². The molecular formula is C12H8BrF4N3O. The van der Waals surface area contributed by atoms with Crippen LogP contribution in [0.2, 0.25) is 0 Å². The van der Waals surface area contributed by atoms with Gasteiger partial charge in [0.25, 0.3) is 0 Å². The van der Waals surface area contributed by atoms with Gasteiger partial charge in [0.1, 0.15) is 0 Å². The van der Waals surface area contributed by atoms with Gasteiger partial charge in [0, 0.05) is 17.6 Å². The second-order valence-electron chi connectivity index (χ2n) is 3.84. The van der Waals surface area contributed by atoms with Crippen LogP contribution in [0.3, 0.4) is 0 Å². The molecule has 0 aliphatic heterocycles. The van der Waals surface area contributed by atoms with E-state index in [9.17, 15) is 17.6 Å². The number of benzene rings is 1. The lowest BCUT2D eigenvalue weighted by Gasteiger charge is -2.11. The van der Waals surface area contributed by atoms with E-state index in [0.717, 1.165) is 6.07 Å². The van der Waals surface area contributed by atoms with Crippen molar-refractivity contribution in [3.63, 3.8) is 0 Å². The first-order chi connectivity index (χ1) is 9.79. The molecule has 0 aliphatic rings. The molecular weight excluding hydrogens is 358 g/mol. The van der Waals surface area contributed by atoms with Crippen LogP contribution in [0.5, 0.6) is 11.6 Å². The Kier molecular flexibility index (Phi) is 4.31. The minimum absolute atomic E-state index is 0.243. The molecule has 1 aromatic heterocycles. The van der Waals surface area contributed by atoms with Crippen molar-refractivity contribution < 1.29 is 22.3 Å². The van der Waals surface area contributed by atoms with Crippen molar-refractivity contribution >= 4 is 21.9 Å². The summed E-state index contributed by atoms with van der Waals surface area (Å²) >= 11 is 3.06. The highest BCUT2D eigenvalue weighted by Crippen LogP contribution is 2.32. The number of aromatic nitrogens is 2. The Hall–Kier alpha value is -1.90. The zero-order chi connectivity index (χ0) is 15.6. The fourth-order valence-electron chi connectivity index (χ4n) is 1.40. The molecule has 2 rings (SSSR count). The van der Waals surface area contributed by atoms with Crippen LogP contribution in [0, 0.1) is 5.82 Å². The van der Waals surface area contributed by atoms with Crippen LogP contribution in [0.15, 0.2) is 28.7 Å². The molecule has 0 radical (unpaired) electrons. The molecule has 4 nitrogen and oxygen atoms in total. The SMILES string of the molecule is CNc1nc(Oc2ccc(Br)cc2F)cc(C(F)(F)F)n1. The summed E-state index contributed by atoms with van der Waals surface area (Å²) in [6.45, 7) is 0. The molecule has 9 heteroatoms. The van der Waals surface area contributed by atoms with Gasteiger partial charge < -0.3 is 10.1 Å². The van der Waals surface area contributed by atoms with Crippen LogP contribution in [-0.4, -0.2) is 17.0 Å². The quantitative estimate of drug-likeness (QED) is 0.826. The molecule has 1 heterocycles. The van der Waals surface area contributed by atoms with Crippen molar-refractivity contribution in [2.75, 3.05) is 12.4 Å². The molecule has 0 unspecified atom stereocenters. The highest BCUT2D eigenvalue weighted by Gasteiger charge is 2.34. The highest BCUT2D eigenvalue weighted by atomic mass is 79.9. The van der Waals surface area contributed by atoms with Crippen molar-refractivity contribution in [3.05, 3.63) is 40.2 Å². The first kappa shape index (κ1) is 15.5. The van der Waals surface area contributed by atoms with Gasteiger partial charge >= 0.3 is 6.18 Å². The average Bonchev–Trinajstić information content (AvgIpc) is 2.40. The predicted octanol–water partition coefficient (Wildman–Crippen LogP) is 4.23. The number of nitrogens with zero attached hydrogens (tertiary/aromatic N) is 2. The van der Waals surface area contributed by atoms with E-state index < -0.39 is 23.6 Å². The Morgan fingerprint density at radius 1 is 1.19 bits per heavy atom. The van der Waals surface area contributed by atoms with Crippen molar-refractivity contribution in [1.82, 2.24) is 9.97 Å². The number of nitrogens with one attached hydrogen (secondary N) is 1. The van der Waals surface area contributed by atoms with Crippen LogP contribution in [0.1, 0.15) is 5.69 Å². The maximum Gasteiger partial charge on any atom is 0.433 e. The van der Waals surface area contributed by atoms with Gasteiger partial charge in [0.2, 0.25) is 11.8 Å². The van der Waals surface area contributed by atoms with E-state index in [-0.39, 0.29) is 11.7 Å². The monoisotopic (exact) mass is 365 g/mol. The van der Waals surface area contributed by atoms with Crippen molar-refractivity contribution in [1.29, 1.82) is 0 Å². The summed E-state index contributed by atoms with van der Waals surface area (Å²) in [6, 6.07) is 4.49. The summed E-state index contributed by atoms with van der Waals surface area (Å²) in [5, 5.41) is 2.39. The topological polar surface area (TPSA) is 47.0 Å². The summed E-state index contributed by atoms with van der Waals surface area (Å²) in [7, 11) is 1.36. The fraction of sp³-hybridized carbons (Fsp3) is 0.167. The number of ether oxygens (including phenoxy) is 1. The smallest absolute Gasteiger partial charge is 0.433 e. The maximum atomic E-state index is 13.6. The maximum absolute atomic E-state index is 13.6. The van der Waals surface area contributed by atoms with E-state index >= 15 is 0 Å². The van der Waals surface area contributed by atoms with Crippen LogP contribution in [-0.2, 0) is 6.18 Å². The summed E-state index contributed by atoms with van der Waals surface area (Å²) in [5.74, 6) is -1.67. The Labute approximate surface area is 125 Å². The molecule has 21 heavy (non-hydrogen) atoms. The zero-order valence-electron chi connectivity index (χ0n) is 10.5. The lowest BCUT2D eigenvalue weighted by atomic mass is 10.3. The van der Waals surface area contributed by atoms with Crippen LogP contribution >= 0.6 is 15.9 Å². The van der Waals surface area contributed by atoms with E-state index in [1.165, 1.54) is 19.2 Å². The molecule has 112 valence electrons. The highest BCUT2D eigenvalue weighted by molar-refractivity contribution is 9.10. The molecule has 2 aromatic rings. The van der Waals surface area contributed by atoms with Gasteiger partial charge in [-0.2, -0.15) is 18.2 Å². The normalized spacial score (nSPS) is 11.3. The van der Waals surface area contributed by atoms with E-state index in [0.29, 0.717) is 10.5 Å². The molecule has 0 saturated heterocycles. The third-order valence-electron chi connectivity index (χ3n) is 2.33. The van der Waals surface area contributed by atoms with E-state index in [1.54, 1.807) is 0 Å². The zero-order valence-corrected chi connectivity index (χ0v) is 12.1. The lowest BCUT2D eigenvalue weighted by Crippen LogP contribution is -2.11. The van der Waals surface area contributed by atoms with E-state index in [2.05, 4.69) is 31.2 Å². The second kappa shape index (κ2) is 5.84. The van der Waals surface area contributed by atoms with E-state index in [1.807, 2.05) is 0 Å². The first-order valence-electron chi connectivity index (χ1n) is 5.56. The fourth-order valence-corrected chi connectivity index (χ4v) is 1.74. The number of hydrogen-bond acceptors (Lipinski definition) is 4. The Morgan fingerprint density at radius 2 is 1.90 bits per heavy atom. The van der Waals surface area contributed by atoms with Gasteiger partial charge in [-0.3, -0.25) is 0 Å². The second-order valence-corrected chi connectivity index (χ2v) is 4.76. The molecule has 0 amide bonds. The van der Waals surface area contributed by atoms with Gasteiger partial charge in [0.05, 0.1) is 0 Å². The van der Waals surface area contributed by atoms with Gasteiger partial charge in [-0.1, -0.05) is 15.9 Å². The summed E-state index contributed by atoms with van der Waals surface area (Å²) < 4.78 is 57.3. The largest absolute Gasteiger partial charge is 0.436 e. The third kappa shape index (κ3) is 3.81. The number of rotatable bonds is 3. The average molecular weight is 366 g/mol. The lowest BCUT2D eigenvalue weighted by molar-refractivity contribution is -0.141. The molecule has 0 saturated carbocycles. The standard InChI is InChI=1S/C12H8BrF4N3O/c1-18-11-19-9(12(15,16)17)5-10(20-11)21-8-3-2-6(13)4-7(8)14/h2-5H,1H3,(H,18,19,20). The van der Waals surface area contributed by atoms with Gasteiger partial charge in [0.15, 0.2) is 17.3 Å². The van der Waals surface area contributed by atoms with Crippen LogP contribution < -0.4 is 10.1 Å². The van der Waals surface area contributed by atoms with E-state index in [4.69, 9.17) is 4.74 Å². The van der Waals surface area contributed by atoms with Crippen LogP contribution in [0.25, 0.3) is 0 Å². The van der Waals surface area contributed by atoms with Crippen molar-refractivity contribution in [2.24, 2.45) is 0 Å². The molecule has 1 aromatic carbocycles. The molecule has 0 atom stereocenters. The molecule has 1 N–H and O–H groups in total. The van der Waals surface area contributed by atoms with Crippen molar-refractivity contribution in [2.45, 2.75) is 6.18 Å². The van der Waals surface area contributed by atoms with Crippen LogP contribution in [0.4, 0.5) is 23.5 Å². The number of halogens is 5. The molecule has 0 spiro atoms. The predicted molar refractivity (Wildman–Crippen MR) is 70.8 cm³/mol. The Morgan fingerprint density at radius 3 is 2.48 bits per heavy atom. The summed E-state index contributed by atoms with van der Waals surface area (Å²) in [5.41, 5.74) is -1.19. The van der Waals surface area contributed by atoms with Gasteiger partial charge in [-0.15, -0.1) is 0 Å². The van der Waals surface area contributed by atoms with Gasteiger partial charge in [-0.05, 0) is 18.2 Å². The molecule has 0 aliphatic carbocycles. The molecule has 0 bridgehead atoms. The minimum Gasteiger partial charge on any atom is -0.436 e. The number of hydrogen-bond donors (Lipinski definition) is 1. The number of alkyl halides is 3. The van der Waals surface area contributed by atoms with Crippen molar-refractivity contribution in [3.8, 4) is 11.6 Å². The number of anilines is 1. The summed E-state index contributed by atoms with van der Waals surface area (Å²) in [6.07, 6.45) is -4.66.